The van der Waals surface area contributed by atoms with Gasteiger partial charge in [0.15, 0.2) is 0 Å². The molecular weight excluding hydrogens is 336 g/mol. The second-order valence-corrected chi connectivity index (χ2v) is 6.85. The number of nitrogens with one attached hydrogen (secondary N) is 3. The van der Waals surface area contributed by atoms with Crippen LogP contribution in [0.2, 0.25) is 0 Å². The van der Waals surface area contributed by atoms with Crippen LogP contribution in [0.4, 0.5) is 31.4 Å². The Morgan fingerprint density at radius 2 is 1.04 bits per heavy atom. The van der Waals surface area contributed by atoms with Crippen LogP contribution >= 0.6 is 0 Å². The van der Waals surface area contributed by atoms with Crippen LogP contribution in [0, 0.1) is 13.8 Å². The third-order valence-electron chi connectivity index (χ3n) is 4.77. The molecule has 138 valence electrons. The molecule has 0 radical (unpaired) electrons. The molecule has 4 rings (SSSR count). The lowest BCUT2D eigenvalue weighted by Gasteiger charge is -2.20. The molecule has 0 aliphatic carbocycles. The summed E-state index contributed by atoms with van der Waals surface area (Å²) < 4.78 is 0. The van der Waals surface area contributed by atoms with E-state index in [1.165, 1.54) is 0 Å². The van der Waals surface area contributed by atoms with Gasteiger partial charge in [-0.1, -0.05) is 0 Å². The molecule has 3 aliphatic rings. The van der Waals surface area contributed by atoms with Gasteiger partial charge in [0, 0.05) is 50.6 Å². The van der Waals surface area contributed by atoms with Gasteiger partial charge in [-0.3, -0.25) is 0 Å². The second-order valence-electron chi connectivity index (χ2n) is 6.85. The highest BCUT2D eigenvalue weighted by Crippen LogP contribution is 2.35. The Bertz CT molecular complexity index is 746. The van der Waals surface area contributed by atoms with Gasteiger partial charge in [0.1, 0.15) is 0 Å². The van der Waals surface area contributed by atoms with Crippen LogP contribution in [-0.2, 0) is 0 Å². The molecule has 0 bridgehead atoms. The molecule has 9 heteroatoms. The van der Waals surface area contributed by atoms with Crippen molar-refractivity contribution < 1.29 is 14.4 Å². The maximum Gasteiger partial charge on any atom is 0.321 e. The van der Waals surface area contributed by atoms with Crippen LogP contribution in [0.25, 0.3) is 0 Å². The van der Waals surface area contributed by atoms with E-state index in [1.807, 2.05) is 13.8 Å². The molecule has 3 aliphatic heterocycles. The average Bonchev–Trinajstić information content (AvgIpc) is 3.49. The molecule has 3 N–H and O–H groups in total. The van der Waals surface area contributed by atoms with E-state index in [4.69, 9.17) is 0 Å². The molecule has 6 amide bonds. The Hall–Kier alpha value is -2.97. The maximum absolute atomic E-state index is 12.2. The molecular formula is C17H22N6O3. The van der Waals surface area contributed by atoms with E-state index in [0.717, 1.165) is 50.4 Å². The topological polar surface area (TPSA) is 96.3 Å². The number of nitrogens with zero attached hydrogens (tertiary/aromatic N) is 3. The molecule has 0 saturated carbocycles. The summed E-state index contributed by atoms with van der Waals surface area (Å²) in [5, 5.41) is 8.66. The van der Waals surface area contributed by atoms with Crippen molar-refractivity contribution >= 4 is 35.2 Å². The molecule has 9 nitrogen and oxygen atoms in total. The molecule has 3 saturated heterocycles. The maximum atomic E-state index is 12.2. The predicted molar refractivity (Wildman–Crippen MR) is 97.7 cm³/mol. The zero-order valence-corrected chi connectivity index (χ0v) is 14.9. The number of hydrogen-bond acceptors (Lipinski definition) is 3. The minimum atomic E-state index is -0.177. The Labute approximate surface area is 151 Å². The number of hydrogen-bond donors (Lipinski definition) is 3. The van der Waals surface area contributed by atoms with E-state index >= 15 is 0 Å². The zero-order chi connectivity index (χ0) is 18.4. The van der Waals surface area contributed by atoms with E-state index in [-0.39, 0.29) is 18.1 Å². The number of rotatable bonds is 3. The van der Waals surface area contributed by atoms with E-state index < -0.39 is 0 Å². The first-order valence-electron chi connectivity index (χ1n) is 8.76. The van der Waals surface area contributed by atoms with E-state index in [2.05, 4.69) is 16.0 Å². The summed E-state index contributed by atoms with van der Waals surface area (Å²) in [5.74, 6) is 0. The largest absolute Gasteiger partial charge is 0.321 e. The summed E-state index contributed by atoms with van der Waals surface area (Å²) in [5.41, 5.74) is 3.30. The lowest BCUT2D eigenvalue weighted by Crippen LogP contribution is -2.24. The normalized spacial score (nSPS) is 16.9. The predicted octanol–water partition coefficient (Wildman–Crippen LogP) is 1.85. The first-order valence-corrected chi connectivity index (χ1v) is 8.76. The summed E-state index contributed by atoms with van der Waals surface area (Å²) in [4.78, 5) is 41.5. The average molecular weight is 358 g/mol. The van der Waals surface area contributed by atoms with Crippen molar-refractivity contribution in [3.05, 3.63) is 17.2 Å². The van der Waals surface area contributed by atoms with E-state index in [9.17, 15) is 14.4 Å². The van der Waals surface area contributed by atoms with Gasteiger partial charge >= 0.3 is 18.1 Å². The molecule has 26 heavy (non-hydrogen) atoms. The molecule has 3 heterocycles. The van der Waals surface area contributed by atoms with Crippen molar-refractivity contribution in [1.82, 2.24) is 14.7 Å². The third-order valence-corrected chi connectivity index (χ3v) is 4.77. The number of benzene rings is 1. The Balaban J connectivity index is 1.65. The van der Waals surface area contributed by atoms with Crippen molar-refractivity contribution in [2.75, 3.05) is 55.2 Å². The second kappa shape index (κ2) is 6.08. The standard InChI is InChI=1S/C17H22N6O3/c1-10-12(18-15(24)21-3-4-21)9-13(19-16(25)22-5-6-22)11(2)14(10)20-17(26)23-7-8-23/h9H,3-8H2,1-2H3,(H,18,24)(H,19,25)(H,20,26). The Morgan fingerprint density at radius 3 is 1.38 bits per heavy atom. The van der Waals surface area contributed by atoms with Crippen molar-refractivity contribution in [3.8, 4) is 0 Å². The molecule has 3 fully saturated rings. The zero-order valence-electron chi connectivity index (χ0n) is 14.9. The highest BCUT2D eigenvalue weighted by atomic mass is 16.2. The molecule has 0 aromatic heterocycles. The number of carbonyl (C=O) groups excluding carboxylic acids is 3. The smallest absolute Gasteiger partial charge is 0.321 e. The van der Waals surface area contributed by atoms with Crippen LogP contribution < -0.4 is 16.0 Å². The van der Waals surface area contributed by atoms with Gasteiger partial charge in [-0.15, -0.1) is 0 Å². The number of carbonyl (C=O) groups is 3. The minimum absolute atomic E-state index is 0.172. The van der Waals surface area contributed by atoms with Gasteiger partial charge in [0.05, 0.1) is 5.69 Å². The molecule has 0 unspecified atom stereocenters. The van der Waals surface area contributed by atoms with Crippen LogP contribution in [0.1, 0.15) is 11.1 Å². The van der Waals surface area contributed by atoms with Crippen LogP contribution in [0.15, 0.2) is 6.07 Å². The van der Waals surface area contributed by atoms with Crippen LogP contribution in [-0.4, -0.2) is 72.1 Å². The quantitative estimate of drug-likeness (QED) is 0.720. The number of anilines is 3. The van der Waals surface area contributed by atoms with Crippen molar-refractivity contribution in [1.29, 1.82) is 0 Å². The minimum Gasteiger partial charge on any atom is -0.321 e. The number of amides is 6. The lowest BCUT2D eigenvalue weighted by molar-refractivity contribution is 0.241. The summed E-state index contributed by atoms with van der Waals surface area (Å²) in [7, 11) is 0. The van der Waals surface area contributed by atoms with Crippen molar-refractivity contribution in [2.45, 2.75) is 13.8 Å². The fourth-order valence-corrected chi connectivity index (χ4v) is 2.69. The molecule has 0 spiro atoms. The first-order chi connectivity index (χ1) is 12.4. The van der Waals surface area contributed by atoms with E-state index in [1.54, 1.807) is 20.8 Å². The SMILES string of the molecule is Cc1c(NC(=O)N2CC2)cc(NC(=O)N2CC2)c(C)c1NC(=O)N1CC1. The van der Waals surface area contributed by atoms with Crippen LogP contribution in [0.3, 0.4) is 0 Å². The van der Waals surface area contributed by atoms with Gasteiger partial charge in [-0.05, 0) is 31.0 Å². The summed E-state index contributed by atoms with van der Waals surface area (Å²) in [6, 6.07) is 1.22. The fourth-order valence-electron chi connectivity index (χ4n) is 2.69. The molecule has 1 aromatic carbocycles. The first kappa shape index (κ1) is 16.5. The van der Waals surface area contributed by atoms with Crippen LogP contribution in [0.5, 0.6) is 0 Å². The van der Waals surface area contributed by atoms with E-state index in [0.29, 0.717) is 17.1 Å². The fraction of sp³-hybridized carbons (Fsp3) is 0.471. The van der Waals surface area contributed by atoms with Crippen molar-refractivity contribution in [2.24, 2.45) is 0 Å². The Kier molecular flexibility index (Phi) is 3.86. The van der Waals surface area contributed by atoms with Gasteiger partial charge in [0.2, 0.25) is 0 Å². The van der Waals surface area contributed by atoms with Gasteiger partial charge in [-0.25, -0.2) is 14.4 Å². The molecule has 1 aromatic rings. The van der Waals surface area contributed by atoms with Crippen molar-refractivity contribution in [3.63, 3.8) is 0 Å². The summed E-state index contributed by atoms with van der Waals surface area (Å²) in [6.07, 6.45) is 0. The van der Waals surface area contributed by atoms with Gasteiger partial charge < -0.3 is 30.7 Å². The van der Waals surface area contributed by atoms with Gasteiger partial charge in [-0.2, -0.15) is 0 Å². The highest BCUT2D eigenvalue weighted by molar-refractivity contribution is 6.01. The lowest BCUT2D eigenvalue weighted by atomic mass is 10.0. The third kappa shape index (κ3) is 3.37. The summed E-state index contributed by atoms with van der Waals surface area (Å²) in [6.45, 7) is 8.16. The number of urea groups is 3. The van der Waals surface area contributed by atoms with Gasteiger partial charge in [0.25, 0.3) is 0 Å². The highest BCUT2D eigenvalue weighted by Gasteiger charge is 2.29. The summed E-state index contributed by atoms with van der Waals surface area (Å²) >= 11 is 0. The monoisotopic (exact) mass is 358 g/mol. The Morgan fingerprint density at radius 1 is 0.692 bits per heavy atom. The molecule has 0 atom stereocenters.